The van der Waals surface area contributed by atoms with Gasteiger partial charge in [0, 0.05) is 13.6 Å². The van der Waals surface area contributed by atoms with Crippen molar-refractivity contribution in [2.24, 2.45) is 0 Å². The van der Waals surface area contributed by atoms with Crippen LogP contribution in [0, 0.1) is 6.92 Å². The molecule has 24 heavy (non-hydrogen) atoms. The molecule has 0 aliphatic carbocycles. The lowest BCUT2D eigenvalue weighted by Crippen LogP contribution is -2.31. The van der Waals surface area contributed by atoms with E-state index in [1.54, 1.807) is 11.9 Å². The summed E-state index contributed by atoms with van der Waals surface area (Å²) in [5, 5.41) is 0. The highest BCUT2D eigenvalue weighted by molar-refractivity contribution is 5.77. The minimum Gasteiger partial charge on any atom is -0.483 e. The Labute approximate surface area is 145 Å². The van der Waals surface area contributed by atoms with Gasteiger partial charge in [-0.25, -0.2) is 0 Å². The van der Waals surface area contributed by atoms with Crippen LogP contribution < -0.4 is 4.74 Å². The molecule has 0 N–H and O–H groups in total. The molecular formula is C21H27NO2. The third-order valence-electron chi connectivity index (χ3n) is 3.98. The average Bonchev–Trinajstić information content (AvgIpc) is 2.53. The second kappa shape index (κ2) is 7.52. The first-order chi connectivity index (χ1) is 11.3. The number of hydrogen-bond donors (Lipinski definition) is 0. The maximum absolute atomic E-state index is 12.3. The number of aryl methyl sites for hydroxylation is 1. The lowest BCUT2D eigenvalue weighted by atomic mass is 9.85. The van der Waals surface area contributed by atoms with Crippen molar-refractivity contribution >= 4 is 5.91 Å². The Bertz CT molecular complexity index is 687. The van der Waals surface area contributed by atoms with Crippen LogP contribution in [0.3, 0.4) is 0 Å². The smallest absolute Gasteiger partial charge is 0.260 e. The van der Waals surface area contributed by atoms with E-state index in [9.17, 15) is 4.79 Å². The normalized spacial score (nSPS) is 11.2. The molecule has 0 fully saturated rings. The molecule has 0 aromatic heterocycles. The van der Waals surface area contributed by atoms with Gasteiger partial charge in [0.2, 0.25) is 0 Å². The van der Waals surface area contributed by atoms with Crippen LogP contribution in [0.15, 0.2) is 48.5 Å². The summed E-state index contributed by atoms with van der Waals surface area (Å²) in [6.45, 7) is 9.16. The van der Waals surface area contributed by atoms with Gasteiger partial charge in [-0.2, -0.15) is 0 Å². The Morgan fingerprint density at radius 1 is 1.08 bits per heavy atom. The highest BCUT2D eigenvalue weighted by Gasteiger charge is 2.20. The number of carbonyl (C=O) groups is 1. The van der Waals surface area contributed by atoms with E-state index < -0.39 is 0 Å². The molecule has 0 aliphatic rings. The van der Waals surface area contributed by atoms with E-state index >= 15 is 0 Å². The molecule has 0 unspecified atom stereocenters. The van der Waals surface area contributed by atoms with Crippen molar-refractivity contribution in [1.29, 1.82) is 0 Å². The largest absolute Gasteiger partial charge is 0.483 e. The van der Waals surface area contributed by atoms with E-state index in [0.717, 1.165) is 16.9 Å². The van der Waals surface area contributed by atoms with Crippen LogP contribution in [-0.4, -0.2) is 24.5 Å². The first-order valence-corrected chi connectivity index (χ1v) is 8.29. The molecule has 1 amide bonds. The summed E-state index contributed by atoms with van der Waals surface area (Å²) < 4.78 is 5.85. The number of ether oxygens (including phenoxy) is 1. The minimum absolute atomic E-state index is 0.0274. The van der Waals surface area contributed by atoms with E-state index in [0.29, 0.717) is 6.54 Å². The van der Waals surface area contributed by atoms with Crippen molar-refractivity contribution in [1.82, 2.24) is 4.90 Å². The van der Waals surface area contributed by atoms with Gasteiger partial charge in [0.15, 0.2) is 6.61 Å². The van der Waals surface area contributed by atoms with E-state index in [1.165, 1.54) is 5.56 Å². The molecule has 3 heteroatoms. The Morgan fingerprint density at radius 3 is 2.38 bits per heavy atom. The van der Waals surface area contributed by atoms with Gasteiger partial charge < -0.3 is 9.64 Å². The first-order valence-electron chi connectivity index (χ1n) is 8.29. The second-order valence-corrected chi connectivity index (χ2v) is 7.27. The van der Waals surface area contributed by atoms with Gasteiger partial charge in [-0.1, -0.05) is 68.8 Å². The Kier molecular flexibility index (Phi) is 5.66. The monoisotopic (exact) mass is 325 g/mol. The fourth-order valence-electron chi connectivity index (χ4n) is 2.55. The van der Waals surface area contributed by atoms with Crippen LogP contribution >= 0.6 is 0 Å². The fourth-order valence-corrected chi connectivity index (χ4v) is 2.55. The number of benzene rings is 2. The minimum atomic E-state index is -0.0284. The zero-order valence-electron chi connectivity index (χ0n) is 15.3. The quantitative estimate of drug-likeness (QED) is 0.819. The number of carbonyl (C=O) groups excluding carboxylic acids is 1. The van der Waals surface area contributed by atoms with Crippen LogP contribution in [0.25, 0.3) is 0 Å². The summed E-state index contributed by atoms with van der Waals surface area (Å²) in [6, 6.07) is 16.1. The second-order valence-electron chi connectivity index (χ2n) is 7.27. The molecular weight excluding hydrogens is 298 g/mol. The van der Waals surface area contributed by atoms with Gasteiger partial charge in [0.25, 0.3) is 5.91 Å². The molecule has 0 heterocycles. The van der Waals surface area contributed by atoms with Gasteiger partial charge in [-0.3, -0.25) is 4.79 Å². The first kappa shape index (κ1) is 18.1. The Hall–Kier alpha value is -2.29. The number of rotatable bonds is 5. The highest BCUT2D eigenvalue weighted by atomic mass is 16.5. The van der Waals surface area contributed by atoms with Crippen LogP contribution in [0.5, 0.6) is 5.75 Å². The third-order valence-corrected chi connectivity index (χ3v) is 3.98. The number of amides is 1. The predicted molar refractivity (Wildman–Crippen MR) is 98.3 cm³/mol. The van der Waals surface area contributed by atoms with Gasteiger partial charge in [0.05, 0.1) is 0 Å². The van der Waals surface area contributed by atoms with Crippen molar-refractivity contribution in [2.45, 2.75) is 39.7 Å². The molecule has 0 saturated carbocycles. The molecule has 0 atom stereocenters. The van der Waals surface area contributed by atoms with Crippen molar-refractivity contribution in [2.75, 3.05) is 13.7 Å². The fraction of sp³-hybridized carbons (Fsp3) is 0.381. The van der Waals surface area contributed by atoms with E-state index in [2.05, 4.69) is 33.8 Å². The van der Waals surface area contributed by atoms with Gasteiger partial charge in [-0.05, 0) is 29.5 Å². The molecule has 0 spiro atoms. The van der Waals surface area contributed by atoms with Crippen LogP contribution in [0.1, 0.15) is 37.5 Å². The maximum atomic E-state index is 12.3. The number of hydrogen-bond acceptors (Lipinski definition) is 2. The van der Waals surface area contributed by atoms with Crippen molar-refractivity contribution in [3.63, 3.8) is 0 Å². The lowest BCUT2D eigenvalue weighted by Gasteiger charge is -2.24. The Morgan fingerprint density at radius 2 is 1.75 bits per heavy atom. The predicted octanol–water partition coefficient (Wildman–Crippen LogP) is 4.33. The summed E-state index contributed by atoms with van der Waals surface area (Å²) in [4.78, 5) is 14.0. The lowest BCUT2D eigenvalue weighted by molar-refractivity contribution is -0.132. The molecule has 2 rings (SSSR count). The molecule has 2 aromatic rings. The molecule has 0 saturated heterocycles. The molecule has 0 radical (unpaired) electrons. The molecule has 2 aromatic carbocycles. The van der Waals surface area contributed by atoms with Crippen LogP contribution in [0.4, 0.5) is 0 Å². The third kappa shape index (κ3) is 4.85. The summed E-state index contributed by atoms with van der Waals surface area (Å²) in [7, 11) is 1.80. The SMILES string of the molecule is Cc1ccc(OCC(=O)N(C)Cc2ccccc2)c(C(C)(C)C)c1. The van der Waals surface area contributed by atoms with Crippen molar-refractivity contribution < 1.29 is 9.53 Å². The highest BCUT2D eigenvalue weighted by Crippen LogP contribution is 2.32. The van der Waals surface area contributed by atoms with Gasteiger partial charge in [0.1, 0.15) is 5.75 Å². The van der Waals surface area contributed by atoms with Crippen LogP contribution in [0.2, 0.25) is 0 Å². The van der Waals surface area contributed by atoms with Crippen LogP contribution in [-0.2, 0) is 16.8 Å². The maximum Gasteiger partial charge on any atom is 0.260 e. The molecule has 3 nitrogen and oxygen atoms in total. The van der Waals surface area contributed by atoms with E-state index in [1.807, 2.05) is 42.5 Å². The topological polar surface area (TPSA) is 29.5 Å². The van der Waals surface area contributed by atoms with Gasteiger partial charge in [-0.15, -0.1) is 0 Å². The molecule has 0 bridgehead atoms. The number of likely N-dealkylation sites (N-methyl/N-ethyl adjacent to an activating group) is 1. The Balaban J connectivity index is 2.01. The van der Waals surface area contributed by atoms with Gasteiger partial charge >= 0.3 is 0 Å². The molecule has 128 valence electrons. The van der Waals surface area contributed by atoms with E-state index in [-0.39, 0.29) is 17.9 Å². The van der Waals surface area contributed by atoms with Crippen molar-refractivity contribution in [3.8, 4) is 5.75 Å². The molecule has 0 aliphatic heterocycles. The summed E-state index contributed by atoms with van der Waals surface area (Å²) in [5.74, 6) is 0.758. The van der Waals surface area contributed by atoms with E-state index in [4.69, 9.17) is 4.74 Å². The summed E-state index contributed by atoms with van der Waals surface area (Å²) >= 11 is 0. The average molecular weight is 325 g/mol. The number of nitrogens with zero attached hydrogens (tertiary/aromatic N) is 1. The van der Waals surface area contributed by atoms with Crippen molar-refractivity contribution in [3.05, 3.63) is 65.2 Å². The summed E-state index contributed by atoms with van der Waals surface area (Å²) in [6.07, 6.45) is 0. The zero-order valence-corrected chi connectivity index (χ0v) is 15.3. The zero-order chi connectivity index (χ0) is 17.7. The standard InChI is InChI=1S/C21H27NO2/c1-16-11-12-19(18(13-16)21(2,3)4)24-15-20(23)22(5)14-17-9-7-6-8-10-17/h6-13H,14-15H2,1-5H3. The summed E-state index contributed by atoms with van der Waals surface area (Å²) in [5.41, 5.74) is 3.40.